The third kappa shape index (κ3) is 8.39. The minimum atomic E-state index is -0.629. The predicted octanol–water partition coefficient (Wildman–Crippen LogP) is 3.80. The van der Waals surface area contributed by atoms with E-state index in [9.17, 15) is 24.3 Å². The van der Waals surface area contributed by atoms with Crippen molar-refractivity contribution >= 4 is 23.9 Å². The molecule has 10 heteroatoms. The van der Waals surface area contributed by atoms with E-state index in [2.05, 4.69) is 18.9 Å². The zero-order valence-corrected chi connectivity index (χ0v) is 20.7. The second-order valence-corrected chi connectivity index (χ2v) is 7.26. The molecule has 0 aliphatic heterocycles. The van der Waals surface area contributed by atoms with Gasteiger partial charge in [-0.1, -0.05) is 30.3 Å². The molecular formula is C27H26O10. The van der Waals surface area contributed by atoms with E-state index in [0.717, 1.165) is 5.56 Å². The van der Waals surface area contributed by atoms with Crippen LogP contribution in [0.1, 0.15) is 47.0 Å². The van der Waals surface area contributed by atoms with Gasteiger partial charge in [-0.2, -0.15) is 0 Å². The molecule has 0 radical (unpaired) electrons. The van der Waals surface area contributed by atoms with E-state index >= 15 is 0 Å². The van der Waals surface area contributed by atoms with Crippen LogP contribution in [0.3, 0.4) is 0 Å². The molecule has 0 spiro atoms. The molecule has 0 heterocycles. The number of hydrogen-bond acceptors (Lipinski definition) is 10. The van der Waals surface area contributed by atoms with Crippen LogP contribution in [-0.4, -0.2) is 57.4 Å². The summed E-state index contributed by atoms with van der Waals surface area (Å²) in [4.78, 5) is 45.6. The highest BCUT2D eigenvalue weighted by molar-refractivity contribution is 5.96. The Kier molecular flexibility index (Phi) is 10.6. The Morgan fingerprint density at radius 3 is 1.35 bits per heavy atom. The second-order valence-electron chi connectivity index (χ2n) is 7.26. The molecule has 1 N–H and O–H groups in total. The van der Waals surface area contributed by atoms with Gasteiger partial charge in [-0.25, -0.2) is 19.2 Å². The summed E-state index contributed by atoms with van der Waals surface area (Å²) >= 11 is 0. The summed E-state index contributed by atoms with van der Waals surface area (Å²) < 4.78 is 23.9. The van der Waals surface area contributed by atoms with Crippen LogP contribution in [0.25, 0.3) is 0 Å². The van der Waals surface area contributed by atoms with Crippen molar-refractivity contribution in [3.8, 4) is 11.5 Å². The molecule has 0 unspecified atom stereocenters. The van der Waals surface area contributed by atoms with E-state index < -0.39 is 23.9 Å². The van der Waals surface area contributed by atoms with Crippen LogP contribution in [0.4, 0.5) is 0 Å². The number of aromatic hydroxyl groups is 1. The SMILES string of the molecule is COC(=O)c1cc(O)cc(C(=O)OC)c1.COC(=O)c1cc(OCc2ccccc2)cc(C(=O)OC)c1. The predicted molar refractivity (Wildman–Crippen MR) is 131 cm³/mol. The maximum absolute atomic E-state index is 11.7. The van der Waals surface area contributed by atoms with Crippen molar-refractivity contribution in [2.75, 3.05) is 28.4 Å². The van der Waals surface area contributed by atoms with Crippen LogP contribution in [0.5, 0.6) is 11.5 Å². The average Bonchev–Trinajstić information content (AvgIpc) is 2.94. The van der Waals surface area contributed by atoms with E-state index in [4.69, 9.17) is 4.74 Å². The lowest BCUT2D eigenvalue weighted by molar-refractivity contribution is 0.0581. The molecule has 0 aromatic heterocycles. The lowest BCUT2D eigenvalue weighted by atomic mass is 10.1. The van der Waals surface area contributed by atoms with Gasteiger partial charge in [0.25, 0.3) is 0 Å². The van der Waals surface area contributed by atoms with Crippen LogP contribution < -0.4 is 4.74 Å². The van der Waals surface area contributed by atoms with Gasteiger partial charge < -0.3 is 28.8 Å². The number of carbonyl (C=O) groups is 4. The van der Waals surface area contributed by atoms with Gasteiger partial charge in [0.2, 0.25) is 0 Å². The molecule has 0 saturated carbocycles. The number of benzene rings is 3. The first-order valence-corrected chi connectivity index (χ1v) is 10.7. The van der Waals surface area contributed by atoms with Gasteiger partial charge in [0.15, 0.2) is 0 Å². The fraction of sp³-hybridized carbons (Fsp3) is 0.185. The minimum absolute atomic E-state index is 0.0953. The zero-order chi connectivity index (χ0) is 27.4. The Hall–Kier alpha value is -4.86. The average molecular weight is 510 g/mol. The third-order valence-corrected chi connectivity index (χ3v) is 4.76. The quantitative estimate of drug-likeness (QED) is 0.369. The van der Waals surface area contributed by atoms with E-state index in [-0.39, 0.29) is 28.0 Å². The molecule has 0 aliphatic rings. The summed E-state index contributed by atoms with van der Waals surface area (Å²) in [6.45, 7) is 0.325. The Morgan fingerprint density at radius 1 is 0.595 bits per heavy atom. The van der Waals surface area contributed by atoms with E-state index in [1.165, 1.54) is 64.8 Å². The van der Waals surface area contributed by atoms with Gasteiger partial charge in [0, 0.05) is 0 Å². The lowest BCUT2D eigenvalue weighted by Gasteiger charge is -2.10. The highest BCUT2D eigenvalue weighted by Gasteiger charge is 2.15. The molecular weight excluding hydrogens is 484 g/mol. The number of carbonyl (C=O) groups excluding carboxylic acids is 4. The monoisotopic (exact) mass is 510 g/mol. The van der Waals surface area contributed by atoms with Crippen molar-refractivity contribution in [2.45, 2.75) is 6.61 Å². The van der Waals surface area contributed by atoms with Gasteiger partial charge >= 0.3 is 23.9 Å². The van der Waals surface area contributed by atoms with E-state index in [1.54, 1.807) is 0 Å². The number of esters is 4. The fourth-order valence-electron chi connectivity index (χ4n) is 2.98. The molecule has 0 aliphatic carbocycles. The number of phenols is 1. The highest BCUT2D eigenvalue weighted by Crippen LogP contribution is 2.20. The third-order valence-electron chi connectivity index (χ3n) is 4.76. The minimum Gasteiger partial charge on any atom is -0.508 e. The molecule has 3 aromatic carbocycles. The molecule has 0 fully saturated rings. The summed E-state index contributed by atoms with van der Waals surface area (Å²) in [5.74, 6) is -2.15. The van der Waals surface area contributed by atoms with Gasteiger partial charge in [0.05, 0.1) is 50.7 Å². The molecule has 194 valence electrons. The fourth-order valence-corrected chi connectivity index (χ4v) is 2.98. The number of rotatable bonds is 7. The van der Waals surface area contributed by atoms with Crippen molar-refractivity contribution in [1.29, 1.82) is 0 Å². The molecule has 3 rings (SSSR count). The standard InChI is InChI=1S/C17H16O5.C10H10O5/c1-20-16(18)13-8-14(17(19)21-2)10-15(9-13)22-11-12-6-4-3-5-7-12;1-14-9(12)6-3-7(10(13)15-2)5-8(11)4-6/h3-10H,11H2,1-2H3;3-5,11H,1-2H3. The summed E-state index contributed by atoms with van der Waals surface area (Å²) in [5.41, 5.74) is 1.63. The van der Waals surface area contributed by atoms with Crippen LogP contribution in [0, 0.1) is 0 Å². The summed E-state index contributed by atoms with van der Waals surface area (Å²) in [7, 11) is 4.98. The topological polar surface area (TPSA) is 135 Å². The summed E-state index contributed by atoms with van der Waals surface area (Å²) in [6.07, 6.45) is 0. The lowest BCUT2D eigenvalue weighted by Crippen LogP contribution is -2.07. The Bertz CT molecular complexity index is 1180. The van der Waals surface area contributed by atoms with Crippen molar-refractivity contribution in [1.82, 2.24) is 0 Å². The molecule has 0 saturated heterocycles. The Morgan fingerprint density at radius 2 is 0.973 bits per heavy atom. The number of phenolic OH excluding ortho intramolecular Hbond substituents is 1. The first-order valence-electron chi connectivity index (χ1n) is 10.7. The van der Waals surface area contributed by atoms with Crippen molar-refractivity contribution < 1.29 is 48.0 Å². The molecule has 37 heavy (non-hydrogen) atoms. The maximum Gasteiger partial charge on any atom is 0.338 e. The molecule has 0 bridgehead atoms. The van der Waals surface area contributed by atoms with E-state index in [0.29, 0.717) is 12.4 Å². The molecule has 3 aromatic rings. The zero-order valence-electron chi connectivity index (χ0n) is 20.7. The summed E-state index contributed by atoms with van der Waals surface area (Å²) in [5, 5.41) is 9.27. The number of methoxy groups -OCH3 is 4. The first-order chi connectivity index (χ1) is 17.7. The maximum atomic E-state index is 11.7. The Labute approximate surface area is 213 Å². The number of hydrogen-bond donors (Lipinski definition) is 1. The van der Waals surface area contributed by atoms with Crippen LogP contribution in [0.2, 0.25) is 0 Å². The van der Waals surface area contributed by atoms with Crippen molar-refractivity contribution in [2.24, 2.45) is 0 Å². The van der Waals surface area contributed by atoms with Crippen LogP contribution >= 0.6 is 0 Å². The summed E-state index contributed by atoms with van der Waals surface area (Å²) in [6, 6.07) is 17.7. The van der Waals surface area contributed by atoms with Gasteiger partial charge in [-0.3, -0.25) is 0 Å². The van der Waals surface area contributed by atoms with Crippen LogP contribution in [-0.2, 0) is 25.6 Å². The largest absolute Gasteiger partial charge is 0.508 e. The van der Waals surface area contributed by atoms with Crippen LogP contribution in [0.15, 0.2) is 66.7 Å². The van der Waals surface area contributed by atoms with Gasteiger partial charge in [0.1, 0.15) is 18.1 Å². The molecule has 10 nitrogen and oxygen atoms in total. The second kappa shape index (κ2) is 13.9. The van der Waals surface area contributed by atoms with E-state index in [1.807, 2.05) is 30.3 Å². The smallest absolute Gasteiger partial charge is 0.338 e. The van der Waals surface area contributed by atoms with Crippen molar-refractivity contribution in [3.63, 3.8) is 0 Å². The van der Waals surface area contributed by atoms with Crippen molar-refractivity contribution in [3.05, 3.63) is 94.5 Å². The van der Waals surface area contributed by atoms with Gasteiger partial charge in [-0.15, -0.1) is 0 Å². The first kappa shape index (κ1) is 28.4. The normalized spacial score (nSPS) is 9.73. The highest BCUT2D eigenvalue weighted by atomic mass is 16.5. The number of ether oxygens (including phenoxy) is 5. The molecule has 0 atom stereocenters. The van der Waals surface area contributed by atoms with Gasteiger partial charge in [-0.05, 0) is 42.0 Å². The molecule has 0 amide bonds. The Balaban J connectivity index is 0.000000281.